The molecule has 1 aromatic carbocycles. The first-order valence-corrected chi connectivity index (χ1v) is 8.13. The Kier molecular flexibility index (Phi) is 4.81. The summed E-state index contributed by atoms with van der Waals surface area (Å²) in [6.45, 7) is 3.58. The van der Waals surface area contributed by atoms with Gasteiger partial charge < -0.3 is 9.47 Å². The Morgan fingerprint density at radius 2 is 2.09 bits per heavy atom. The van der Waals surface area contributed by atoms with Crippen molar-refractivity contribution in [2.45, 2.75) is 6.10 Å². The fourth-order valence-electron chi connectivity index (χ4n) is 2.64. The molecule has 1 saturated heterocycles. The molecule has 0 N–H and O–H groups in total. The zero-order valence-electron chi connectivity index (χ0n) is 12.8. The Hall–Kier alpha value is -1.37. The van der Waals surface area contributed by atoms with E-state index in [9.17, 15) is 0 Å². The summed E-state index contributed by atoms with van der Waals surface area (Å²) in [4.78, 5) is 2.33. The van der Waals surface area contributed by atoms with Gasteiger partial charge in [0, 0.05) is 39.4 Å². The molecule has 0 saturated carbocycles. The largest absolute Gasteiger partial charge is 0.492 e. The van der Waals surface area contributed by atoms with Gasteiger partial charge in [0.1, 0.15) is 12.4 Å². The molecule has 0 atom stereocenters. The molecule has 2 aromatic rings. The van der Waals surface area contributed by atoms with E-state index in [0.717, 1.165) is 41.1 Å². The van der Waals surface area contributed by atoms with Crippen molar-refractivity contribution in [3.8, 4) is 17.0 Å². The highest BCUT2D eigenvalue weighted by Crippen LogP contribution is 2.34. The van der Waals surface area contributed by atoms with Crippen LogP contribution in [-0.2, 0) is 11.8 Å². The van der Waals surface area contributed by atoms with Crippen molar-refractivity contribution in [1.82, 2.24) is 14.7 Å². The van der Waals surface area contributed by atoms with E-state index in [1.807, 2.05) is 29.9 Å². The van der Waals surface area contributed by atoms with Gasteiger partial charge in [0.05, 0.1) is 22.5 Å². The summed E-state index contributed by atoms with van der Waals surface area (Å²) < 4.78 is 14.1. The van der Waals surface area contributed by atoms with Gasteiger partial charge in [0.2, 0.25) is 0 Å². The third-order valence-corrected chi connectivity index (χ3v) is 4.54. The number of likely N-dealkylation sites (tertiary alicyclic amines) is 1. The molecule has 0 bridgehead atoms. The highest BCUT2D eigenvalue weighted by atomic mass is 79.9. The molecule has 6 heteroatoms. The normalized spacial score (nSPS) is 15.8. The lowest BCUT2D eigenvalue weighted by Crippen LogP contribution is -2.52. The minimum absolute atomic E-state index is 0.387. The highest BCUT2D eigenvalue weighted by molar-refractivity contribution is 9.10. The molecule has 1 aromatic heterocycles. The topological polar surface area (TPSA) is 39.5 Å². The average molecular weight is 366 g/mol. The van der Waals surface area contributed by atoms with Gasteiger partial charge in [-0.15, -0.1) is 0 Å². The van der Waals surface area contributed by atoms with E-state index in [1.54, 1.807) is 13.3 Å². The molecule has 118 valence electrons. The number of rotatable bonds is 6. The molecule has 22 heavy (non-hydrogen) atoms. The third kappa shape index (κ3) is 3.19. The Bertz CT molecular complexity index is 619. The van der Waals surface area contributed by atoms with Crippen molar-refractivity contribution in [2.24, 2.45) is 7.05 Å². The number of nitrogens with zero attached hydrogens (tertiary/aromatic N) is 3. The van der Waals surface area contributed by atoms with Gasteiger partial charge in [-0.2, -0.15) is 5.10 Å². The quantitative estimate of drug-likeness (QED) is 0.788. The lowest BCUT2D eigenvalue weighted by molar-refractivity contribution is -0.0333. The van der Waals surface area contributed by atoms with Crippen molar-refractivity contribution in [2.75, 3.05) is 33.4 Å². The molecule has 1 fully saturated rings. The van der Waals surface area contributed by atoms with E-state index in [2.05, 4.69) is 32.0 Å². The SMILES string of the molecule is COC1CN(CCOc2ccccc2-c2c(Br)cnn2C)C1. The molecular weight excluding hydrogens is 346 g/mol. The predicted octanol–water partition coefficient (Wildman–Crippen LogP) is 2.56. The van der Waals surface area contributed by atoms with Crippen LogP contribution in [0.2, 0.25) is 0 Å². The van der Waals surface area contributed by atoms with Crippen LogP contribution in [0.15, 0.2) is 34.9 Å². The number of ether oxygens (including phenoxy) is 2. The Morgan fingerprint density at radius 1 is 1.32 bits per heavy atom. The molecule has 0 aliphatic carbocycles. The first-order chi connectivity index (χ1) is 10.7. The predicted molar refractivity (Wildman–Crippen MR) is 89.1 cm³/mol. The fraction of sp³-hybridized carbons (Fsp3) is 0.438. The Balaban J connectivity index is 1.65. The summed E-state index contributed by atoms with van der Waals surface area (Å²) in [5.41, 5.74) is 2.08. The van der Waals surface area contributed by atoms with E-state index in [4.69, 9.17) is 9.47 Å². The summed E-state index contributed by atoms with van der Waals surface area (Å²) in [7, 11) is 3.70. The molecule has 0 radical (unpaired) electrons. The van der Waals surface area contributed by atoms with Gasteiger partial charge in [-0.1, -0.05) is 12.1 Å². The van der Waals surface area contributed by atoms with Crippen molar-refractivity contribution in [3.63, 3.8) is 0 Å². The second kappa shape index (κ2) is 6.81. The van der Waals surface area contributed by atoms with Crippen LogP contribution in [0.1, 0.15) is 0 Å². The molecule has 0 amide bonds. The van der Waals surface area contributed by atoms with Crippen molar-refractivity contribution < 1.29 is 9.47 Å². The van der Waals surface area contributed by atoms with Crippen LogP contribution in [0.4, 0.5) is 0 Å². The van der Waals surface area contributed by atoms with E-state index < -0.39 is 0 Å². The summed E-state index contributed by atoms with van der Waals surface area (Å²) in [6.07, 6.45) is 2.19. The van der Waals surface area contributed by atoms with Gasteiger partial charge in [0.25, 0.3) is 0 Å². The fourth-order valence-corrected chi connectivity index (χ4v) is 3.20. The summed E-state index contributed by atoms with van der Waals surface area (Å²) in [5.74, 6) is 0.885. The molecule has 2 heterocycles. The monoisotopic (exact) mass is 365 g/mol. The smallest absolute Gasteiger partial charge is 0.128 e. The Labute approximate surface area is 138 Å². The van der Waals surface area contributed by atoms with Crippen LogP contribution in [0.25, 0.3) is 11.3 Å². The summed E-state index contributed by atoms with van der Waals surface area (Å²) in [6, 6.07) is 8.07. The number of aryl methyl sites for hydroxylation is 1. The number of hydrogen-bond donors (Lipinski definition) is 0. The number of para-hydroxylation sites is 1. The van der Waals surface area contributed by atoms with Crippen LogP contribution in [0.3, 0.4) is 0 Å². The van der Waals surface area contributed by atoms with E-state index in [0.29, 0.717) is 12.7 Å². The van der Waals surface area contributed by atoms with Crippen LogP contribution in [-0.4, -0.2) is 54.1 Å². The van der Waals surface area contributed by atoms with Crippen molar-refractivity contribution in [3.05, 3.63) is 34.9 Å². The van der Waals surface area contributed by atoms with Crippen LogP contribution in [0, 0.1) is 0 Å². The maximum absolute atomic E-state index is 6.00. The van der Waals surface area contributed by atoms with Crippen LogP contribution in [0.5, 0.6) is 5.75 Å². The van der Waals surface area contributed by atoms with Gasteiger partial charge in [-0.25, -0.2) is 0 Å². The Morgan fingerprint density at radius 3 is 2.77 bits per heavy atom. The average Bonchev–Trinajstić information content (AvgIpc) is 2.81. The number of hydrogen-bond acceptors (Lipinski definition) is 4. The lowest BCUT2D eigenvalue weighted by atomic mass is 10.1. The molecule has 3 rings (SSSR count). The van der Waals surface area contributed by atoms with Gasteiger partial charge in [-0.3, -0.25) is 9.58 Å². The van der Waals surface area contributed by atoms with Crippen LogP contribution >= 0.6 is 15.9 Å². The summed E-state index contributed by atoms with van der Waals surface area (Å²) in [5, 5.41) is 4.27. The minimum atomic E-state index is 0.387. The number of halogens is 1. The second-order valence-electron chi connectivity index (χ2n) is 5.43. The number of benzene rings is 1. The standard InChI is InChI=1S/C16H20BrN3O2/c1-19-16(14(17)9-18-19)13-5-3-4-6-15(13)22-8-7-20-10-12(11-20)21-2/h3-6,9,12H,7-8,10-11H2,1-2H3. The first-order valence-electron chi connectivity index (χ1n) is 7.34. The van der Waals surface area contributed by atoms with Gasteiger partial charge in [-0.05, 0) is 28.1 Å². The number of aromatic nitrogens is 2. The highest BCUT2D eigenvalue weighted by Gasteiger charge is 2.25. The second-order valence-corrected chi connectivity index (χ2v) is 6.28. The van der Waals surface area contributed by atoms with E-state index >= 15 is 0 Å². The molecular formula is C16H20BrN3O2. The maximum Gasteiger partial charge on any atom is 0.128 e. The molecule has 1 aliphatic rings. The van der Waals surface area contributed by atoms with Gasteiger partial charge in [0.15, 0.2) is 0 Å². The molecule has 0 unspecified atom stereocenters. The van der Waals surface area contributed by atoms with Crippen molar-refractivity contribution in [1.29, 1.82) is 0 Å². The summed E-state index contributed by atoms with van der Waals surface area (Å²) >= 11 is 3.55. The first kappa shape index (κ1) is 15.5. The zero-order chi connectivity index (χ0) is 15.5. The molecule has 5 nitrogen and oxygen atoms in total. The minimum Gasteiger partial charge on any atom is -0.492 e. The van der Waals surface area contributed by atoms with Gasteiger partial charge >= 0.3 is 0 Å². The van der Waals surface area contributed by atoms with Crippen molar-refractivity contribution >= 4 is 15.9 Å². The third-order valence-electron chi connectivity index (χ3n) is 3.96. The van der Waals surface area contributed by atoms with E-state index in [1.165, 1.54) is 0 Å². The molecule has 1 aliphatic heterocycles. The van der Waals surface area contributed by atoms with E-state index in [-0.39, 0.29) is 0 Å². The maximum atomic E-state index is 6.00. The zero-order valence-corrected chi connectivity index (χ0v) is 14.4. The lowest BCUT2D eigenvalue weighted by Gasteiger charge is -2.37. The van der Waals surface area contributed by atoms with Crippen LogP contribution < -0.4 is 4.74 Å². The molecule has 0 spiro atoms. The number of methoxy groups -OCH3 is 1.